The monoisotopic (exact) mass is 473 g/mol. The summed E-state index contributed by atoms with van der Waals surface area (Å²) in [5, 5.41) is 8.33. The molecule has 1 aromatic rings. The summed E-state index contributed by atoms with van der Waals surface area (Å²) in [6, 6.07) is 6.13. The number of hydrogen-bond acceptors (Lipinski definition) is 6. The largest absolute Gasteiger partial charge is 0.481 e. The first kappa shape index (κ1) is 32.1. The van der Waals surface area contributed by atoms with E-state index in [0.717, 1.165) is 44.2 Å². The number of aliphatic carboxylic acids is 1. The van der Waals surface area contributed by atoms with E-state index in [2.05, 4.69) is 29.4 Å². The van der Waals surface area contributed by atoms with Gasteiger partial charge in [0.25, 0.3) is 12.4 Å². The van der Waals surface area contributed by atoms with Crippen LogP contribution in [0.3, 0.4) is 0 Å². The van der Waals surface area contributed by atoms with Crippen LogP contribution in [0.25, 0.3) is 0 Å². The minimum Gasteiger partial charge on any atom is -0.481 e. The molecule has 1 aliphatic rings. The number of halogens is 1. The van der Waals surface area contributed by atoms with Crippen LogP contribution in [0.2, 0.25) is 5.02 Å². The molecule has 1 heterocycles. The Balaban J connectivity index is 0. The number of esters is 1. The maximum atomic E-state index is 11.0. The normalized spacial score (nSPS) is 15.0. The number of carbonyl (C=O) groups excluding carboxylic acids is 2. The number of likely N-dealkylation sites (N-methyl/N-ethyl adjacent to an activating group) is 1. The van der Waals surface area contributed by atoms with Crippen LogP contribution >= 0.6 is 11.6 Å². The second kappa shape index (κ2) is 17.4. The summed E-state index contributed by atoms with van der Waals surface area (Å²) in [7, 11) is 3.39. The molecular weight excluding hydrogens is 434 g/mol. The van der Waals surface area contributed by atoms with Crippen LogP contribution in [0.4, 0.5) is 0 Å². The van der Waals surface area contributed by atoms with Crippen molar-refractivity contribution in [1.29, 1.82) is 0 Å². The number of carboxylic acid groups (broad SMARTS) is 1. The highest BCUT2D eigenvalue weighted by molar-refractivity contribution is 6.31. The standard InChI is InChI=1S/C10H13Cl.C7H13NO2.C5H10O2.C2H4O2/c1-3-8-6-5-7-10(11)9(8)4-2;1-8-5-3-4-6(8)7(9)10-2;1-5(2,3)7-4-6;1-2(3)4/h5-7H,3-4H2,1-2H3;6H,3-5H2,1-2H3;4H,1-3H3;1H3,(H,3,4). The van der Waals surface area contributed by atoms with Crippen molar-refractivity contribution >= 4 is 30.0 Å². The molecule has 1 aromatic carbocycles. The van der Waals surface area contributed by atoms with Gasteiger partial charge < -0.3 is 14.6 Å². The molecule has 1 aliphatic heterocycles. The van der Waals surface area contributed by atoms with E-state index in [1.165, 1.54) is 18.2 Å². The van der Waals surface area contributed by atoms with E-state index >= 15 is 0 Å². The van der Waals surface area contributed by atoms with Gasteiger partial charge in [-0.05, 0) is 77.2 Å². The summed E-state index contributed by atoms with van der Waals surface area (Å²) in [6.45, 7) is 12.3. The van der Waals surface area contributed by atoms with Crippen LogP contribution in [-0.2, 0) is 36.7 Å². The lowest BCUT2D eigenvalue weighted by atomic mass is 10.0. The predicted molar refractivity (Wildman–Crippen MR) is 128 cm³/mol. The van der Waals surface area contributed by atoms with Gasteiger partial charge in [-0.2, -0.15) is 0 Å². The molecule has 0 aromatic heterocycles. The fourth-order valence-corrected chi connectivity index (χ4v) is 3.15. The Morgan fingerprint density at radius 3 is 2.09 bits per heavy atom. The number of methoxy groups -OCH3 is 1. The van der Waals surface area contributed by atoms with Gasteiger partial charge in [-0.25, -0.2) is 0 Å². The zero-order valence-electron chi connectivity index (χ0n) is 20.7. The number of carboxylic acids is 1. The molecule has 7 nitrogen and oxygen atoms in total. The number of benzene rings is 1. The van der Waals surface area contributed by atoms with Crippen LogP contribution in [0.5, 0.6) is 0 Å². The van der Waals surface area contributed by atoms with E-state index in [1.54, 1.807) is 0 Å². The minimum absolute atomic E-state index is 0.0185. The molecule has 0 bridgehead atoms. The summed E-state index contributed by atoms with van der Waals surface area (Å²) in [5.74, 6) is -0.931. The molecule has 2 rings (SSSR count). The first-order chi connectivity index (χ1) is 14.8. The van der Waals surface area contributed by atoms with Crippen molar-refractivity contribution in [1.82, 2.24) is 4.90 Å². The third-order valence-corrected chi connectivity index (χ3v) is 4.70. The van der Waals surface area contributed by atoms with Crippen LogP contribution in [-0.4, -0.2) is 60.8 Å². The van der Waals surface area contributed by atoms with Gasteiger partial charge in [0.1, 0.15) is 11.6 Å². The maximum absolute atomic E-state index is 11.0. The highest BCUT2D eigenvalue weighted by atomic mass is 35.5. The SMILES string of the molecule is CC(=O)O.CC(C)(C)OC=O.CCc1cccc(Cl)c1CC.COC(=O)C1CCCN1C. The molecule has 1 atom stereocenters. The van der Waals surface area contributed by atoms with Gasteiger partial charge in [-0.1, -0.05) is 37.6 Å². The smallest absolute Gasteiger partial charge is 0.323 e. The maximum Gasteiger partial charge on any atom is 0.323 e. The molecular formula is C24H40ClNO6. The third-order valence-electron chi connectivity index (χ3n) is 4.35. The zero-order valence-corrected chi connectivity index (χ0v) is 21.5. The second-order valence-electron chi connectivity index (χ2n) is 8.09. The predicted octanol–water partition coefficient (Wildman–Crippen LogP) is 4.77. The van der Waals surface area contributed by atoms with E-state index in [9.17, 15) is 9.59 Å². The van der Waals surface area contributed by atoms with Crippen molar-refractivity contribution in [3.8, 4) is 0 Å². The van der Waals surface area contributed by atoms with Crippen LogP contribution in [0, 0.1) is 0 Å². The Labute approximate surface area is 198 Å². The van der Waals surface area contributed by atoms with Crippen molar-refractivity contribution in [3.63, 3.8) is 0 Å². The van der Waals surface area contributed by atoms with Crippen molar-refractivity contribution in [2.24, 2.45) is 0 Å². The molecule has 0 spiro atoms. The van der Waals surface area contributed by atoms with Gasteiger partial charge >= 0.3 is 5.97 Å². The average Bonchev–Trinajstić information content (AvgIpc) is 3.12. The molecule has 0 radical (unpaired) electrons. The first-order valence-electron chi connectivity index (χ1n) is 10.7. The van der Waals surface area contributed by atoms with Crippen molar-refractivity contribution in [2.75, 3.05) is 20.7 Å². The molecule has 0 amide bonds. The van der Waals surface area contributed by atoms with Gasteiger partial charge in [0.05, 0.1) is 7.11 Å². The van der Waals surface area contributed by atoms with Gasteiger partial charge in [-0.15, -0.1) is 0 Å². The van der Waals surface area contributed by atoms with Crippen molar-refractivity contribution in [2.45, 2.75) is 78.9 Å². The molecule has 1 N–H and O–H groups in total. The Kier molecular flexibility index (Phi) is 17.5. The fraction of sp³-hybridized carbons (Fsp3) is 0.625. The zero-order chi connectivity index (χ0) is 25.3. The van der Waals surface area contributed by atoms with Crippen LogP contribution in [0.15, 0.2) is 18.2 Å². The van der Waals surface area contributed by atoms with E-state index in [1.807, 2.05) is 44.9 Å². The lowest BCUT2D eigenvalue weighted by molar-refractivity contribution is -0.145. The highest BCUT2D eigenvalue weighted by Crippen LogP contribution is 2.20. The number of ether oxygens (including phenoxy) is 2. The molecule has 184 valence electrons. The molecule has 8 heteroatoms. The van der Waals surface area contributed by atoms with Gasteiger partial charge in [0, 0.05) is 11.9 Å². The Morgan fingerprint density at radius 1 is 1.25 bits per heavy atom. The van der Waals surface area contributed by atoms with E-state index in [4.69, 9.17) is 21.5 Å². The lowest BCUT2D eigenvalue weighted by Crippen LogP contribution is -2.33. The Morgan fingerprint density at radius 2 is 1.81 bits per heavy atom. The van der Waals surface area contributed by atoms with Crippen LogP contribution in [0.1, 0.15) is 65.5 Å². The summed E-state index contributed by atoms with van der Waals surface area (Å²) in [6.07, 6.45) is 4.16. The minimum atomic E-state index is -0.833. The molecule has 0 aliphatic carbocycles. The van der Waals surface area contributed by atoms with Gasteiger partial charge in [0.15, 0.2) is 0 Å². The highest BCUT2D eigenvalue weighted by Gasteiger charge is 2.28. The molecule has 1 saturated heterocycles. The molecule has 1 fully saturated rings. The van der Waals surface area contributed by atoms with Gasteiger partial charge in [0.2, 0.25) is 0 Å². The Hall–Kier alpha value is -2.12. The molecule has 1 unspecified atom stereocenters. The Bertz CT molecular complexity index is 684. The number of likely N-dealkylation sites (tertiary alicyclic amines) is 1. The number of aryl methyl sites for hydroxylation is 1. The molecule has 0 saturated carbocycles. The van der Waals surface area contributed by atoms with Crippen molar-refractivity contribution < 1.29 is 29.0 Å². The lowest BCUT2D eigenvalue weighted by Gasteiger charge is -2.15. The van der Waals surface area contributed by atoms with Crippen molar-refractivity contribution in [3.05, 3.63) is 34.3 Å². The summed E-state index contributed by atoms with van der Waals surface area (Å²) >= 11 is 6.01. The summed E-state index contributed by atoms with van der Waals surface area (Å²) in [4.78, 5) is 31.6. The summed E-state index contributed by atoms with van der Waals surface area (Å²) in [5.41, 5.74) is 2.36. The van der Waals surface area contributed by atoms with E-state index < -0.39 is 5.97 Å². The number of carbonyl (C=O) groups is 3. The molecule has 32 heavy (non-hydrogen) atoms. The number of rotatable bonds is 4. The summed E-state index contributed by atoms with van der Waals surface area (Å²) < 4.78 is 9.17. The van der Waals surface area contributed by atoms with E-state index in [-0.39, 0.29) is 17.6 Å². The number of hydrogen-bond donors (Lipinski definition) is 1. The number of nitrogens with zero attached hydrogens (tertiary/aromatic N) is 1. The van der Waals surface area contributed by atoms with E-state index in [0.29, 0.717) is 6.47 Å². The second-order valence-corrected chi connectivity index (χ2v) is 8.50. The van der Waals surface area contributed by atoms with Gasteiger partial charge in [-0.3, -0.25) is 19.3 Å². The average molecular weight is 474 g/mol. The first-order valence-corrected chi connectivity index (χ1v) is 11.1. The van der Waals surface area contributed by atoms with Crippen LogP contribution < -0.4 is 0 Å². The fourth-order valence-electron chi connectivity index (χ4n) is 2.82. The topological polar surface area (TPSA) is 93.1 Å². The third kappa shape index (κ3) is 15.6. The quantitative estimate of drug-likeness (QED) is 0.497.